The Kier molecular flexibility index (Phi) is 4.20. The van der Waals surface area contributed by atoms with Crippen molar-refractivity contribution in [2.75, 3.05) is 25.0 Å². The van der Waals surface area contributed by atoms with Crippen molar-refractivity contribution in [3.05, 3.63) is 59.3 Å². The average molecular weight is 281 g/mol. The summed E-state index contributed by atoms with van der Waals surface area (Å²) < 4.78 is 0. The number of aryl methyl sites for hydroxylation is 1. The highest BCUT2D eigenvalue weighted by atomic mass is 15.2. The highest BCUT2D eigenvalue weighted by molar-refractivity contribution is 5.45. The van der Waals surface area contributed by atoms with Gasteiger partial charge in [-0.3, -0.25) is 0 Å². The molecule has 1 aliphatic heterocycles. The second kappa shape index (κ2) is 6.27. The summed E-state index contributed by atoms with van der Waals surface area (Å²) in [6.45, 7) is 5.13. The summed E-state index contributed by atoms with van der Waals surface area (Å²) in [4.78, 5) is 7.14. The smallest absolute Gasteiger partial charge is 0.129 e. The molecule has 1 fully saturated rings. The van der Waals surface area contributed by atoms with Crippen molar-refractivity contribution in [1.82, 2.24) is 10.3 Å². The molecule has 3 rings (SSSR count). The number of rotatable bonds is 4. The van der Waals surface area contributed by atoms with E-state index in [1.165, 1.54) is 17.5 Å². The van der Waals surface area contributed by atoms with Crippen LogP contribution in [0.25, 0.3) is 0 Å². The standard InChI is InChI=1S/C18H23N3/c1-14-10-15(12-19-2)11-18(20-14)21-9-8-17(13-21)16-6-4-3-5-7-16/h3-7,10-11,17,19H,8-9,12-13H2,1-2H3. The first-order chi connectivity index (χ1) is 10.3. The fraction of sp³-hybridized carbons (Fsp3) is 0.389. The summed E-state index contributed by atoms with van der Waals surface area (Å²) in [6.07, 6.45) is 1.21. The number of hydrogen-bond donors (Lipinski definition) is 1. The molecule has 1 saturated heterocycles. The molecule has 0 radical (unpaired) electrons. The lowest BCUT2D eigenvalue weighted by Crippen LogP contribution is -2.21. The van der Waals surface area contributed by atoms with Gasteiger partial charge in [0.15, 0.2) is 0 Å². The molecule has 1 aliphatic rings. The first kappa shape index (κ1) is 14.1. The van der Waals surface area contributed by atoms with Gasteiger partial charge in [0.25, 0.3) is 0 Å². The fourth-order valence-electron chi connectivity index (χ4n) is 3.15. The molecule has 3 heteroatoms. The molecule has 0 amide bonds. The number of aromatic nitrogens is 1. The molecule has 0 aliphatic carbocycles. The maximum Gasteiger partial charge on any atom is 0.129 e. The Morgan fingerprint density at radius 3 is 2.81 bits per heavy atom. The molecular weight excluding hydrogens is 258 g/mol. The van der Waals surface area contributed by atoms with Crippen molar-refractivity contribution in [2.24, 2.45) is 0 Å². The van der Waals surface area contributed by atoms with Crippen molar-refractivity contribution in [3.63, 3.8) is 0 Å². The van der Waals surface area contributed by atoms with E-state index in [0.29, 0.717) is 5.92 Å². The van der Waals surface area contributed by atoms with E-state index in [1.54, 1.807) is 0 Å². The number of anilines is 1. The molecule has 3 nitrogen and oxygen atoms in total. The van der Waals surface area contributed by atoms with E-state index in [9.17, 15) is 0 Å². The van der Waals surface area contributed by atoms with Gasteiger partial charge in [-0.1, -0.05) is 30.3 Å². The lowest BCUT2D eigenvalue weighted by Gasteiger charge is -2.19. The Labute approximate surface area is 127 Å². The predicted octanol–water partition coefficient (Wildman–Crippen LogP) is 3.10. The van der Waals surface area contributed by atoms with Gasteiger partial charge in [0.05, 0.1) is 0 Å². The minimum Gasteiger partial charge on any atom is -0.356 e. The van der Waals surface area contributed by atoms with Crippen molar-refractivity contribution >= 4 is 5.82 Å². The molecule has 1 atom stereocenters. The lowest BCUT2D eigenvalue weighted by atomic mass is 9.99. The molecule has 110 valence electrons. The van der Waals surface area contributed by atoms with E-state index in [1.807, 2.05) is 7.05 Å². The molecule has 2 aromatic rings. The van der Waals surface area contributed by atoms with Crippen molar-refractivity contribution in [1.29, 1.82) is 0 Å². The Balaban J connectivity index is 1.77. The number of nitrogens with one attached hydrogen (secondary N) is 1. The number of pyridine rings is 1. The Morgan fingerprint density at radius 2 is 2.05 bits per heavy atom. The van der Waals surface area contributed by atoms with Gasteiger partial charge in [-0.2, -0.15) is 0 Å². The quantitative estimate of drug-likeness (QED) is 0.933. The molecule has 0 saturated carbocycles. The van der Waals surface area contributed by atoms with E-state index < -0.39 is 0 Å². The van der Waals surface area contributed by atoms with Crippen LogP contribution >= 0.6 is 0 Å². The van der Waals surface area contributed by atoms with Crippen LogP contribution < -0.4 is 10.2 Å². The van der Waals surface area contributed by atoms with E-state index in [4.69, 9.17) is 4.98 Å². The molecule has 21 heavy (non-hydrogen) atoms. The summed E-state index contributed by atoms with van der Waals surface area (Å²) in [5, 5.41) is 3.22. The minimum absolute atomic E-state index is 0.626. The zero-order valence-electron chi connectivity index (χ0n) is 12.8. The Hall–Kier alpha value is -1.87. The van der Waals surface area contributed by atoms with Crippen LogP contribution in [-0.2, 0) is 6.54 Å². The van der Waals surface area contributed by atoms with E-state index in [-0.39, 0.29) is 0 Å². The highest BCUT2D eigenvalue weighted by Crippen LogP contribution is 2.30. The van der Waals surface area contributed by atoms with Crippen LogP contribution in [0.2, 0.25) is 0 Å². The zero-order chi connectivity index (χ0) is 14.7. The summed E-state index contributed by atoms with van der Waals surface area (Å²) >= 11 is 0. The van der Waals surface area contributed by atoms with E-state index >= 15 is 0 Å². The normalized spacial score (nSPS) is 18.2. The summed E-state index contributed by atoms with van der Waals surface area (Å²) in [5.41, 5.74) is 3.85. The lowest BCUT2D eigenvalue weighted by molar-refractivity contribution is 0.773. The van der Waals surface area contributed by atoms with Crippen molar-refractivity contribution in [2.45, 2.75) is 25.8 Å². The SMILES string of the molecule is CNCc1cc(C)nc(N2CCC(c3ccccc3)C2)c1. The third kappa shape index (κ3) is 3.24. The molecule has 1 aromatic heterocycles. The number of hydrogen-bond acceptors (Lipinski definition) is 3. The maximum atomic E-state index is 4.72. The van der Waals surface area contributed by atoms with Crippen molar-refractivity contribution < 1.29 is 0 Å². The predicted molar refractivity (Wildman–Crippen MR) is 87.8 cm³/mol. The summed E-state index contributed by atoms with van der Waals surface area (Å²) in [6, 6.07) is 15.2. The van der Waals surface area contributed by atoms with Crippen LogP contribution in [0.15, 0.2) is 42.5 Å². The minimum atomic E-state index is 0.626. The number of nitrogens with zero attached hydrogens (tertiary/aromatic N) is 2. The Morgan fingerprint density at radius 1 is 1.24 bits per heavy atom. The average Bonchev–Trinajstić information content (AvgIpc) is 2.98. The molecule has 2 heterocycles. The van der Waals surface area contributed by atoms with Gasteiger partial charge in [-0.25, -0.2) is 4.98 Å². The van der Waals surface area contributed by atoms with Crippen LogP contribution in [0, 0.1) is 6.92 Å². The first-order valence-electron chi connectivity index (χ1n) is 7.68. The monoisotopic (exact) mass is 281 g/mol. The molecule has 0 bridgehead atoms. The highest BCUT2D eigenvalue weighted by Gasteiger charge is 2.24. The first-order valence-corrected chi connectivity index (χ1v) is 7.68. The number of benzene rings is 1. The molecular formula is C18H23N3. The topological polar surface area (TPSA) is 28.2 Å². The van der Waals surface area contributed by atoms with Gasteiger partial charge in [0.2, 0.25) is 0 Å². The summed E-state index contributed by atoms with van der Waals surface area (Å²) in [7, 11) is 1.98. The molecule has 1 N–H and O–H groups in total. The van der Waals surface area contributed by atoms with Gasteiger partial charge < -0.3 is 10.2 Å². The van der Waals surface area contributed by atoms with Crippen LogP contribution in [-0.4, -0.2) is 25.1 Å². The van der Waals surface area contributed by atoms with Crippen LogP contribution in [0.5, 0.6) is 0 Å². The molecule has 1 aromatic carbocycles. The van der Waals surface area contributed by atoms with Gasteiger partial charge in [0.1, 0.15) is 5.82 Å². The third-order valence-electron chi connectivity index (χ3n) is 4.16. The summed E-state index contributed by atoms with van der Waals surface area (Å²) in [5.74, 6) is 1.75. The second-order valence-electron chi connectivity index (χ2n) is 5.85. The largest absolute Gasteiger partial charge is 0.356 e. The van der Waals surface area contributed by atoms with Gasteiger partial charge in [0, 0.05) is 31.2 Å². The van der Waals surface area contributed by atoms with Crippen LogP contribution in [0.4, 0.5) is 5.82 Å². The van der Waals surface area contributed by atoms with Crippen LogP contribution in [0.1, 0.15) is 29.2 Å². The zero-order valence-corrected chi connectivity index (χ0v) is 12.8. The second-order valence-corrected chi connectivity index (χ2v) is 5.85. The van der Waals surface area contributed by atoms with Gasteiger partial charge in [-0.05, 0) is 43.7 Å². The molecule has 1 unspecified atom stereocenters. The Bertz CT molecular complexity index is 595. The van der Waals surface area contributed by atoms with E-state index in [0.717, 1.165) is 31.1 Å². The van der Waals surface area contributed by atoms with Crippen LogP contribution in [0.3, 0.4) is 0 Å². The van der Waals surface area contributed by atoms with Gasteiger partial charge in [-0.15, -0.1) is 0 Å². The maximum absolute atomic E-state index is 4.72. The fourth-order valence-corrected chi connectivity index (χ4v) is 3.15. The molecule has 0 spiro atoms. The van der Waals surface area contributed by atoms with Crippen molar-refractivity contribution in [3.8, 4) is 0 Å². The van der Waals surface area contributed by atoms with E-state index in [2.05, 4.69) is 59.6 Å². The third-order valence-corrected chi connectivity index (χ3v) is 4.16. The van der Waals surface area contributed by atoms with Gasteiger partial charge >= 0.3 is 0 Å².